The number of nitrogens with zero attached hydrogens (tertiary/aromatic N) is 3. The molecule has 4 heterocycles. The number of fused-ring (bicyclic) bond motifs is 5. The molecule has 0 atom stereocenters. The van der Waals surface area contributed by atoms with E-state index in [9.17, 15) is 0 Å². The second-order valence-electron chi connectivity index (χ2n) is 9.17. The van der Waals surface area contributed by atoms with Crippen LogP contribution in [0.5, 0.6) is 5.75 Å². The van der Waals surface area contributed by atoms with Crippen molar-refractivity contribution in [2.24, 2.45) is 0 Å². The molecule has 7 aromatic rings. The van der Waals surface area contributed by atoms with Gasteiger partial charge in [0, 0.05) is 76.7 Å². The van der Waals surface area contributed by atoms with Crippen LogP contribution in [0.2, 0.25) is 0 Å². The molecule has 6 heteroatoms. The Balaban J connectivity index is 0.000000173. The molecule has 8 rings (SSSR count). The number of hydrogen-bond donors (Lipinski definition) is 0. The van der Waals surface area contributed by atoms with Crippen LogP contribution >= 0.6 is 0 Å². The molecule has 0 saturated carbocycles. The van der Waals surface area contributed by atoms with E-state index in [1.54, 1.807) is 6.20 Å². The van der Waals surface area contributed by atoms with Crippen LogP contribution in [-0.2, 0) is 59.4 Å². The number of pyridine rings is 2. The molecule has 4 nitrogen and oxygen atoms in total. The van der Waals surface area contributed by atoms with Crippen LogP contribution in [0.4, 0.5) is 0 Å². The second-order valence-corrected chi connectivity index (χ2v) is 9.17. The molecule has 2 radical (unpaired) electrons. The van der Waals surface area contributed by atoms with E-state index in [4.69, 9.17) is 9.72 Å². The van der Waals surface area contributed by atoms with Gasteiger partial charge in [-0.25, -0.2) is 22.7 Å². The summed E-state index contributed by atoms with van der Waals surface area (Å²) in [5.74, 6) is 0.812. The van der Waals surface area contributed by atoms with Crippen LogP contribution in [-0.4, -0.2) is 9.97 Å². The van der Waals surface area contributed by atoms with Crippen molar-refractivity contribution in [2.45, 2.75) is 6.61 Å². The Labute approximate surface area is 277 Å². The molecule has 0 bridgehead atoms. The molecule has 41 heavy (non-hydrogen) atoms. The topological polar surface area (TPSA) is 49.1 Å². The number of ether oxygens (including phenoxy) is 1. The smallest absolute Gasteiger partial charge is 0.141 e. The molecular weight excluding hydrogens is 760 g/mol. The molecule has 198 valence electrons. The summed E-state index contributed by atoms with van der Waals surface area (Å²) in [6.07, 6.45) is 1.79. The standard InChI is InChI=1S/C22H12NO.C13H9N2.Ir.Y/c1-2-7-15(8-3-1)17-10-6-11-18-19(17)14-24-21-13-16-9-4-5-12-20(16)23-22(18)21;1-2-6-11-10(5-1)9-13(15-11)12-7-3-4-8-14-12;;/h1-7,9,12-13H,14H2;1-9H;;/q-3;-1;;. The summed E-state index contributed by atoms with van der Waals surface area (Å²) in [4.78, 5) is 13.6. The fourth-order valence-electron chi connectivity index (χ4n) is 4.83. The Morgan fingerprint density at radius 2 is 1.54 bits per heavy atom. The zero-order valence-electron chi connectivity index (χ0n) is 21.8. The van der Waals surface area contributed by atoms with Gasteiger partial charge in [-0.2, -0.15) is 17.7 Å². The van der Waals surface area contributed by atoms with Crippen LogP contribution in [0.1, 0.15) is 5.56 Å². The molecule has 0 saturated heterocycles. The summed E-state index contributed by atoms with van der Waals surface area (Å²) in [7, 11) is 0. The van der Waals surface area contributed by atoms with Gasteiger partial charge in [0.25, 0.3) is 0 Å². The van der Waals surface area contributed by atoms with E-state index < -0.39 is 0 Å². The minimum atomic E-state index is 0. The molecule has 1 aliphatic rings. The Morgan fingerprint density at radius 3 is 2.34 bits per heavy atom. The summed E-state index contributed by atoms with van der Waals surface area (Å²) in [5.41, 5.74) is 8.77. The van der Waals surface area contributed by atoms with Crippen molar-refractivity contribution in [3.8, 4) is 39.5 Å². The van der Waals surface area contributed by atoms with Crippen molar-refractivity contribution in [1.82, 2.24) is 15.0 Å². The van der Waals surface area contributed by atoms with Crippen molar-refractivity contribution in [2.75, 3.05) is 0 Å². The first-order valence-corrected chi connectivity index (χ1v) is 12.7. The van der Waals surface area contributed by atoms with E-state index in [2.05, 4.69) is 46.4 Å². The van der Waals surface area contributed by atoms with Crippen molar-refractivity contribution in [3.63, 3.8) is 0 Å². The largest absolute Gasteiger partial charge is 0.656 e. The third kappa shape index (κ3) is 5.96. The number of benzene rings is 4. The molecular formula is C35H21IrN3OY-4. The van der Waals surface area contributed by atoms with E-state index >= 15 is 0 Å². The van der Waals surface area contributed by atoms with Gasteiger partial charge in [0.15, 0.2) is 0 Å². The average molecular weight is 781 g/mol. The first kappa shape index (κ1) is 29.0. The summed E-state index contributed by atoms with van der Waals surface area (Å²) in [6, 6.07) is 45.8. The molecule has 1 aliphatic heterocycles. The molecule has 0 N–H and O–H groups in total. The molecule has 0 spiro atoms. The van der Waals surface area contributed by atoms with Crippen LogP contribution in [0.25, 0.3) is 55.6 Å². The normalized spacial score (nSPS) is 11.1. The van der Waals surface area contributed by atoms with Gasteiger partial charge in [-0.3, -0.25) is 17.1 Å². The monoisotopic (exact) mass is 781 g/mol. The quantitative estimate of drug-likeness (QED) is 0.169. The van der Waals surface area contributed by atoms with Crippen LogP contribution in [0.3, 0.4) is 0 Å². The van der Waals surface area contributed by atoms with E-state index in [1.165, 1.54) is 0 Å². The van der Waals surface area contributed by atoms with Crippen molar-refractivity contribution >= 4 is 21.8 Å². The summed E-state index contributed by atoms with van der Waals surface area (Å²) in [6.45, 7) is 0.494. The van der Waals surface area contributed by atoms with Crippen LogP contribution in [0.15, 0.2) is 115 Å². The molecule has 0 amide bonds. The van der Waals surface area contributed by atoms with Gasteiger partial charge in [-0.1, -0.05) is 54.6 Å². The van der Waals surface area contributed by atoms with Gasteiger partial charge in [0.05, 0.1) is 11.2 Å². The van der Waals surface area contributed by atoms with Crippen molar-refractivity contribution in [1.29, 1.82) is 0 Å². The van der Waals surface area contributed by atoms with Crippen LogP contribution in [0, 0.1) is 18.2 Å². The molecule has 0 unspecified atom stereocenters. The van der Waals surface area contributed by atoms with Gasteiger partial charge >= 0.3 is 0 Å². The summed E-state index contributed by atoms with van der Waals surface area (Å²) >= 11 is 0. The maximum atomic E-state index is 6.00. The summed E-state index contributed by atoms with van der Waals surface area (Å²) in [5, 5.41) is 2.25. The first-order valence-electron chi connectivity index (χ1n) is 12.7. The molecule has 4 aromatic carbocycles. The zero-order valence-corrected chi connectivity index (χ0v) is 27.1. The van der Waals surface area contributed by atoms with Gasteiger partial charge in [-0.15, -0.1) is 17.3 Å². The zero-order chi connectivity index (χ0) is 26.0. The van der Waals surface area contributed by atoms with E-state index in [-0.39, 0.29) is 52.8 Å². The molecule has 0 aliphatic carbocycles. The van der Waals surface area contributed by atoms with E-state index in [1.807, 2.05) is 91.0 Å². The Bertz CT molecular complexity index is 1890. The minimum absolute atomic E-state index is 0. The Hall–Kier alpha value is -3.47. The van der Waals surface area contributed by atoms with E-state index in [0.717, 1.165) is 66.9 Å². The fraction of sp³-hybridized carbons (Fsp3) is 0.0286. The summed E-state index contributed by atoms with van der Waals surface area (Å²) < 4.78 is 6.00. The predicted octanol–water partition coefficient (Wildman–Crippen LogP) is 7.72. The van der Waals surface area contributed by atoms with Gasteiger partial charge in [-0.05, 0) is 29.7 Å². The third-order valence-corrected chi connectivity index (χ3v) is 6.71. The first-order chi connectivity index (χ1) is 19.3. The maximum absolute atomic E-state index is 6.00. The van der Waals surface area contributed by atoms with E-state index in [0.29, 0.717) is 6.61 Å². The van der Waals surface area contributed by atoms with Gasteiger partial charge in [0.2, 0.25) is 0 Å². The average Bonchev–Trinajstić information content (AvgIpc) is 3.46. The van der Waals surface area contributed by atoms with Crippen molar-refractivity contribution in [3.05, 3.63) is 139 Å². The number of para-hydroxylation sites is 2. The van der Waals surface area contributed by atoms with Crippen molar-refractivity contribution < 1.29 is 57.6 Å². The Kier molecular flexibility index (Phi) is 9.22. The SMILES string of the molecule is [Ir].[Y].[c-]1ccccc1-c1[c-]c[c-]c2c1COc1cc3ccccc3nc1-2.c1ccc(-c2cc3ccccc3[n-]2)nc1. The Morgan fingerprint density at radius 1 is 0.756 bits per heavy atom. The third-order valence-electron chi connectivity index (χ3n) is 6.71. The minimum Gasteiger partial charge on any atom is -0.656 e. The number of aromatic nitrogens is 3. The van der Waals surface area contributed by atoms with Gasteiger partial charge < -0.3 is 26.9 Å². The van der Waals surface area contributed by atoms with Gasteiger partial charge in [0.1, 0.15) is 5.75 Å². The maximum Gasteiger partial charge on any atom is 0.141 e. The van der Waals surface area contributed by atoms with Crippen LogP contribution < -0.4 is 9.72 Å². The fourth-order valence-corrected chi connectivity index (χ4v) is 4.83. The predicted molar refractivity (Wildman–Crippen MR) is 154 cm³/mol. The second kappa shape index (κ2) is 13.0. The number of rotatable bonds is 2. The number of hydrogen-bond acceptors (Lipinski definition) is 3. The molecule has 3 aromatic heterocycles. The molecule has 0 fully saturated rings.